The molecule has 0 atom stereocenters. The topological polar surface area (TPSA) is 39.7 Å². The molecule has 136 valence electrons. The highest BCUT2D eigenvalue weighted by molar-refractivity contribution is 5.47. The maximum atomic E-state index is 5.58. The van der Waals surface area contributed by atoms with Gasteiger partial charge in [0.25, 0.3) is 0 Å². The maximum Gasteiger partial charge on any atom is 0.123 e. The summed E-state index contributed by atoms with van der Waals surface area (Å²) in [5.74, 6) is 2.80. The normalized spacial score (nSPS) is 10.6. The minimum atomic E-state index is 0.775. The van der Waals surface area contributed by atoms with Gasteiger partial charge in [0.2, 0.25) is 0 Å². The number of rotatable bonds is 10. The molecule has 25 heavy (non-hydrogen) atoms. The highest BCUT2D eigenvalue weighted by Gasteiger charge is 2.11. The van der Waals surface area contributed by atoms with Gasteiger partial charge in [-0.3, -0.25) is 0 Å². The van der Waals surface area contributed by atoms with Gasteiger partial charge in [0.05, 0.1) is 21.3 Å². The second-order valence-electron chi connectivity index (χ2n) is 5.96. The predicted molar refractivity (Wildman–Crippen MR) is 102 cm³/mol. The van der Waals surface area contributed by atoms with Gasteiger partial charge in [0.1, 0.15) is 17.2 Å². The molecule has 0 aromatic heterocycles. The van der Waals surface area contributed by atoms with E-state index < -0.39 is 0 Å². The van der Waals surface area contributed by atoms with E-state index in [9.17, 15) is 0 Å². The van der Waals surface area contributed by atoms with Crippen LogP contribution in [-0.2, 0) is 19.4 Å². The standard InChI is InChI=1S/C21H29NO3/c1-5-8-16-13-21(25-4)17(14-20(16)24-3)11-12-22-15-18-9-6-7-10-19(18)23-2/h6-7,9-10,13-14,22H,5,8,11-12,15H2,1-4H3. The Morgan fingerprint density at radius 2 is 1.36 bits per heavy atom. The van der Waals surface area contributed by atoms with E-state index in [1.54, 1.807) is 21.3 Å². The summed E-state index contributed by atoms with van der Waals surface area (Å²) in [6.45, 7) is 3.80. The van der Waals surface area contributed by atoms with E-state index in [-0.39, 0.29) is 0 Å². The van der Waals surface area contributed by atoms with Crippen LogP contribution in [0.15, 0.2) is 36.4 Å². The number of ether oxygens (including phenoxy) is 3. The molecule has 0 saturated carbocycles. The Hall–Kier alpha value is -2.20. The number of hydrogen-bond acceptors (Lipinski definition) is 4. The summed E-state index contributed by atoms with van der Waals surface area (Å²) >= 11 is 0. The fourth-order valence-electron chi connectivity index (χ4n) is 2.98. The third-order valence-corrected chi connectivity index (χ3v) is 4.28. The van der Waals surface area contributed by atoms with E-state index in [1.165, 1.54) is 5.56 Å². The first-order valence-electron chi connectivity index (χ1n) is 8.79. The van der Waals surface area contributed by atoms with Gasteiger partial charge in [0.15, 0.2) is 0 Å². The summed E-state index contributed by atoms with van der Waals surface area (Å²) in [6.07, 6.45) is 2.95. The third-order valence-electron chi connectivity index (χ3n) is 4.28. The second-order valence-corrected chi connectivity index (χ2v) is 5.96. The van der Waals surface area contributed by atoms with Crippen molar-refractivity contribution in [1.29, 1.82) is 0 Å². The molecule has 0 fully saturated rings. The lowest BCUT2D eigenvalue weighted by Gasteiger charge is -2.15. The third kappa shape index (κ3) is 5.13. The van der Waals surface area contributed by atoms with Gasteiger partial charge in [-0.25, -0.2) is 0 Å². The van der Waals surface area contributed by atoms with E-state index in [2.05, 4.69) is 30.4 Å². The molecular formula is C21H29NO3. The van der Waals surface area contributed by atoms with Gasteiger partial charge in [-0.05, 0) is 48.7 Å². The van der Waals surface area contributed by atoms with Crippen LogP contribution in [0.2, 0.25) is 0 Å². The number of nitrogens with one attached hydrogen (secondary N) is 1. The molecule has 0 aliphatic carbocycles. The molecule has 2 rings (SSSR count). The van der Waals surface area contributed by atoms with Crippen molar-refractivity contribution in [2.24, 2.45) is 0 Å². The summed E-state index contributed by atoms with van der Waals surface area (Å²) in [7, 11) is 5.15. The largest absolute Gasteiger partial charge is 0.496 e. The molecule has 0 saturated heterocycles. The molecule has 0 heterocycles. The Balaban J connectivity index is 2.00. The van der Waals surface area contributed by atoms with Gasteiger partial charge in [0, 0.05) is 12.1 Å². The summed E-state index contributed by atoms with van der Waals surface area (Å²) in [5, 5.41) is 3.48. The van der Waals surface area contributed by atoms with Gasteiger partial charge in [-0.15, -0.1) is 0 Å². The van der Waals surface area contributed by atoms with Crippen LogP contribution in [0.25, 0.3) is 0 Å². The molecule has 4 nitrogen and oxygen atoms in total. The zero-order valence-corrected chi connectivity index (χ0v) is 15.7. The van der Waals surface area contributed by atoms with Crippen LogP contribution in [-0.4, -0.2) is 27.9 Å². The van der Waals surface area contributed by atoms with Crippen molar-refractivity contribution in [3.63, 3.8) is 0 Å². The number of hydrogen-bond donors (Lipinski definition) is 1. The maximum absolute atomic E-state index is 5.58. The molecule has 0 radical (unpaired) electrons. The molecule has 0 spiro atoms. The minimum Gasteiger partial charge on any atom is -0.496 e. The van der Waals surface area contributed by atoms with Crippen LogP contribution in [0.1, 0.15) is 30.0 Å². The molecule has 0 aliphatic heterocycles. The molecule has 0 aliphatic rings. The van der Waals surface area contributed by atoms with Crippen LogP contribution in [0.4, 0.5) is 0 Å². The first-order valence-corrected chi connectivity index (χ1v) is 8.79. The van der Waals surface area contributed by atoms with E-state index >= 15 is 0 Å². The quantitative estimate of drug-likeness (QED) is 0.662. The fraction of sp³-hybridized carbons (Fsp3) is 0.429. The van der Waals surface area contributed by atoms with Crippen LogP contribution >= 0.6 is 0 Å². The Bertz CT molecular complexity index is 670. The highest BCUT2D eigenvalue weighted by Crippen LogP contribution is 2.30. The van der Waals surface area contributed by atoms with Crippen molar-refractivity contribution >= 4 is 0 Å². The Labute approximate surface area is 151 Å². The lowest BCUT2D eigenvalue weighted by molar-refractivity contribution is 0.394. The van der Waals surface area contributed by atoms with Gasteiger partial charge in [-0.1, -0.05) is 31.5 Å². The van der Waals surface area contributed by atoms with E-state index in [4.69, 9.17) is 14.2 Å². The van der Waals surface area contributed by atoms with Crippen molar-refractivity contribution in [2.75, 3.05) is 27.9 Å². The molecule has 4 heteroatoms. The molecule has 1 N–H and O–H groups in total. The average molecular weight is 343 g/mol. The second kappa shape index (κ2) is 9.94. The van der Waals surface area contributed by atoms with E-state index in [0.29, 0.717) is 0 Å². The van der Waals surface area contributed by atoms with Crippen molar-refractivity contribution < 1.29 is 14.2 Å². The van der Waals surface area contributed by atoms with Crippen molar-refractivity contribution in [3.8, 4) is 17.2 Å². The Kier molecular flexibility index (Phi) is 7.61. The van der Waals surface area contributed by atoms with Gasteiger partial charge < -0.3 is 19.5 Å². The monoisotopic (exact) mass is 343 g/mol. The SMILES string of the molecule is CCCc1cc(OC)c(CCNCc2ccccc2OC)cc1OC. The molecule has 2 aromatic carbocycles. The fourth-order valence-corrected chi connectivity index (χ4v) is 2.98. The Morgan fingerprint density at radius 3 is 1.96 bits per heavy atom. The summed E-state index contributed by atoms with van der Waals surface area (Å²) in [5.41, 5.74) is 3.52. The first-order chi connectivity index (χ1) is 12.2. The summed E-state index contributed by atoms with van der Waals surface area (Å²) in [4.78, 5) is 0. The van der Waals surface area contributed by atoms with E-state index in [0.717, 1.165) is 60.7 Å². The van der Waals surface area contributed by atoms with Crippen molar-refractivity contribution in [1.82, 2.24) is 5.32 Å². The number of benzene rings is 2. The van der Waals surface area contributed by atoms with Crippen LogP contribution < -0.4 is 19.5 Å². The first kappa shape index (κ1) is 19.1. The summed E-state index contributed by atoms with van der Waals surface area (Å²) in [6, 6.07) is 12.3. The zero-order valence-electron chi connectivity index (χ0n) is 15.7. The minimum absolute atomic E-state index is 0.775. The lowest BCUT2D eigenvalue weighted by Crippen LogP contribution is -2.17. The smallest absolute Gasteiger partial charge is 0.123 e. The van der Waals surface area contributed by atoms with Crippen LogP contribution in [0.3, 0.4) is 0 Å². The van der Waals surface area contributed by atoms with Crippen molar-refractivity contribution in [2.45, 2.75) is 32.7 Å². The molecule has 0 bridgehead atoms. The summed E-state index contributed by atoms with van der Waals surface area (Å²) < 4.78 is 16.5. The van der Waals surface area contributed by atoms with E-state index in [1.807, 2.05) is 18.2 Å². The zero-order chi connectivity index (χ0) is 18.1. The van der Waals surface area contributed by atoms with Crippen LogP contribution in [0, 0.1) is 0 Å². The molecule has 2 aromatic rings. The van der Waals surface area contributed by atoms with Gasteiger partial charge >= 0.3 is 0 Å². The number of para-hydroxylation sites is 1. The highest BCUT2D eigenvalue weighted by atomic mass is 16.5. The van der Waals surface area contributed by atoms with Crippen LogP contribution in [0.5, 0.6) is 17.2 Å². The Morgan fingerprint density at radius 1 is 0.760 bits per heavy atom. The number of aryl methyl sites for hydroxylation is 1. The average Bonchev–Trinajstić information content (AvgIpc) is 2.66. The number of methoxy groups -OCH3 is 3. The molecular weight excluding hydrogens is 314 g/mol. The van der Waals surface area contributed by atoms with Gasteiger partial charge in [-0.2, -0.15) is 0 Å². The molecule has 0 amide bonds. The molecule has 0 unspecified atom stereocenters. The predicted octanol–water partition coefficient (Wildman–Crippen LogP) is 4.00. The lowest BCUT2D eigenvalue weighted by atomic mass is 10.0. The van der Waals surface area contributed by atoms with Crippen molar-refractivity contribution in [3.05, 3.63) is 53.1 Å².